The van der Waals surface area contributed by atoms with Gasteiger partial charge in [-0.05, 0) is 68.4 Å². The maximum atomic E-state index is 4.71. The molecule has 3 nitrogen and oxygen atoms in total. The van der Waals surface area contributed by atoms with Crippen molar-refractivity contribution in [3.63, 3.8) is 0 Å². The lowest BCUT2D eigenvalue weighted by molar-refractivity contribution is 0.173. The van der Waals surface area contributed by atoms with E-state index >= 15 is 0 Å². The second kappa shape index (κ2) is 4.60. The average Bonchev–Trinajstić information content (AvgIpc) is 3.16. The zero-order chi connectivity index (χ0) is 14.7. The van der Waals surface area contributed by atoms with E-state index in [0.717, 1.165) is 17.4 Å². The highest BCUT2D eigenvalue weighted by Gasteiger charge is 2.58. The molecule has 1 aromatic heterocycles. The number of aromatic nitrogens is 2. The molecule has 4 heteroatoms. The molecule has 2 bridgehead atoms. The number of rotatable bonds is 2. The monoisotopic (exact) mass is 311 g/mol. The summed E-state index contributed by atoms with van der Waals surface area (Å²) in [6.07, 6.45) is 11.0. The van der Waals surface area contributed by atoms with Crippen LogP contribution in [0.5, 0.6) is 0 Å². The number of benzene rings is 1. The Kier molecular flexibility index (Phi) is 2.76. The molecule has 1 saturated heterocycles. The van der Waals surface area contributed by atoms with E-state index in [2.05, 4.69) is 34.3 Å². The lowest BCUT2D eigenvalue weighted by atomic mass is 9.71. The fraction of sp³-hybridized carbons (Fsp3) is 0.556. The van der Waals surface area contributed by atoms with E-state index in [1.807, 2.05) is 0 Å². The topological polar surface area (TPSA) is 29.0 Å². The molecule has 5 rings (SSSR count). The lowest BCUT2D eigenvalue weighted by Crippen LogP contribution is -2.63. The summed E-state index contributed by atoms with van der Waals surface area (Å²) < 4.78 is 0. The summed E-state index contributed by atoms with van der Waals surface area (Å²) in [5.41, 5.74) is 1.51. The molecule has 3 atom stereocenters. The quantitative estimate of drug-likeness (QED) is 0.780. The van der Waals surface area contributed by atoms with E-state index in [9.17, 15) is 0 Å². The zero-order valence-corrected chi connectivity index (χ0v) is 13.8. The van der Waals surface area contributed by atoms with Gasteiger partial charge in [-0.15, -0.1) is 11.8 Å². The SMILES string of the molecule is CSc1ccc2ncnc(N3CCC34CC3CCC4C3)c2c1. The van der Waals surface area contributed by atoms with E-state index in [1.165, 1.54) is 54.7 Å². The van der Waals surface area contributed by atoms with Gasteiger partial charge in [-0.25, -0.2) is 9.97 Å². The van der Waals surface area contributed by atoms with Crippen LogP contribution in [0.25, 0.3) is 10.9 Å². The van der Waals surface area contributed by atoms with E-state index in [1.54, 1.807) is 18.1 Å². The van der Waals surface area contributed by atoms with Gasteiger partial charge < -0.3 is 4.90 Å². The van der Waals surface area contributed by atoms with E-state index in [-0.39, 0.29) is 0 Å². The molecule has 0 radical (unpaired) electrons. The number of hydrogen-bond donors (Lipinski definition) is 0. The van der Waals surface area contributed by atoms with E-state index in [0.29, 0.717) is 5.54 Å². The highest BCUT2D eigenvalue weighted by Crippen LogP contribution is 2.59. The minimum atomic E-state index is 0.430. The van der Waals surface area contributed by atoms with Gasteiger partial charge in [-0.1, -0.05) is 0 Å². The van der Waals surface area contributed by atoms with Gasteiger partial charge in [0.2, 0.25) is 0 Å². The van der Waals surface area contributed by atoms with Gasteiger partial charge in [-0.2, -0.15) is 0 Å². The van der Waals surface area contributed by atoms with Gasteiger partial charge in [0, 0.05) is 22.4 Å². The van der Waals surface area contributed by atoms with Crippen LogP contribution in [0.1, 0.15) is 32.1 Å². The molecule has 2 heterocycles. The molecule has 114 valence electrons. The largest absolute Gasteiger partial charge is 0.350 e. The smallest absolute Gasteiger partial charge is 0.140 e. The summed E-state index contributed by atoms with van der Waals surface area (Å²) in [5, 5.41) is 1.23. The van der Waals surface area contributed by atoms with E-state index < -0.39 is 0 Å². The van der Waals surface area contributed by atoms with Crippen molar-refractivity contribution in [3.05, 3.63) is 24.5 Å². The fourth-order valence-electron chi connectivity index (χ4n) is 5.24. The van der Waals surface area contributed by atoms with Gasteiger partial charge in [-0.3, -0.25) is 0 Å². The van der Waals surface area contributed by atoms with Crippen molar-refractivity contribution >= 4 is 28.5 Å². The average molecular weight is 311 g/mol. The third kappa shape index (κ3) is 1.65. The highest BCUT2D eigenvalue weighted by molar-refractivity contribution is 7.98. The van der Waals surface area contributed by atoms with Crippen molar-refractivity contribution in [3.8, 4) is 0 Å². The molecular weight excluding hydrogens is 290 g/mol. The van der Waals surface area contributed by atoms with Crippen molar-refractivity contribution in [2.75, 3.05) is 17.7 Å². The van der Waals surface area contributed by atoms with Crippen LogP contribution in [-0.4, -0.2) is 28.3 Å². The van der Waals surface area contributed by atoms with Gasteiger partial charge in [0.05, 0.1) is 5.52 Å². The zero-order valence-electron chi connectivity index (χ0n) is 13.0. The number of hydrogen-bond acceptors (Lipinski definition) is 4. The number of fused-ring (bicyclic) bond motifs is 4. The minimum Gasteiger partial charge on any atom is -0.350 e. The summed E-state index contributed by atoms with van der Waals surface area (Å²) >= 11 is 1.79. The maximum Gasteiger partial charge on any atom is 0.140 e. The third-order valence-corrected chi connectivity index (χ3v) is 7.05. The summed E-state index contributed by atoms with van der Waals surface area (Å²) in [6.45, 7) is 1.17. The molecule has 2 saturated carbocycles. The summed E-state index contributed by atoms with van der Waals surface area (Å²) in [7, 11) is 0. The third-order valence-electron chi connectivity index (χ3n) is 6.33. The second-order valence-electron chi connectivity index (χ2n) is 7.17. The van der Waals surface area contributed by atoms with Crippen LogP contribution in [0.4, 0.5) is 5.82 Å². The molecule has 2 aromatic rings. The van der Waals surface area contributed by atoms with Crippen molar-refractivity contribution in [2.24, 2.45) is 11.8 Å². The first-order chi connectivity index (χ1) is 10.8. The standard InChI is InChI=1S/C18H21N3S/c1-22-14-4-5-16-15(9-14)17(20-11-19-16)21-7-6-18(21)10-12-2-3-13(18)8-12/h4-5,9,11-13H,2-3,6-8,10H2,1H3. The second-order valence-corrected chi connectivity index (χ2v) is 8.05. The van der Waals surface area contributed by atoms with Crippen LogP contribution in [0.2, 0.25) is 0 Å². The van der Waals surface area contributed by atoms with Crippen molar-refractivity contribution in [1.82, 2.24) is 9.97 Å². The molecule has 3 aliphatic rings. The molecule has 3 fully saturated rings. The number of nitrogens with zero attached hydrogens (tertiary/aromatic N) is 3. The molecule has 3 unspecified atom stereocenters. The van der Waals surface area contributed by atoms with Crippen LogP contribution >= 0.6 is 11.8 Å². The molecule has 0 N–H and O–H groups in total. The van der Waals surface area contributed by atoms with Gasteiger partial charge in [0.1, 0.15) is 12.1 Å². The Balaban J connectivity index is 1.62. The number of thioether (sulfide) groups is 1. The van der Waals surface area contributed by atoms with Gasteiger partial charge in [0.25, 0.3) is 0 Å². The molecule has 1 aromatic carbocycles. The van der Waals surface area contributed by atoms with Gasteiger partial charge >= 0.3 is 0 Å². The predicted molar refractivity (Wildman–Crippen MR) is 91.5 cm³/mol. The Hall–Kier alpha value is -1.29. The first-order valence-electron chi connectivity index (χ1n) is 8.36. The van der Waals surface area contributed by atoms with Crippen molar-refractivity contribution in [1.29, 1.82) is 0 Å². The van der Waals surface area contributed by atoms with Crippen LogP contribution < -0.4 is 4.90 Å². The summed E-state index contributed by atoms with van der Waals surface area (Å²) in [6, 6.07) is 6.57. The number of anilines is 1. The first kappa shape index (κ1) is 13.2. The Labute approximate surface area is 135 Å². The maximum absolute atomic E-state index is 4.71. The molecule has 0 amide bonds. The predicted octanol–water partition coefficient (Wildman–Crippen LogP) is 4.12. The van der Waals surface area contributed by atoms with Crippen LogP contribution in [-0.2, 0) is 0 Å². The van der Waals surface area contributed by atoms with Crippen LogP contribution in [0, 0.1) is 11.8 Å². The molecular formula is C18H21N3S. The summed E-state index contributed by atoms with van der Waals surface area (Å²) in [4.78, 5) is 13.1. The Morgan fingerprint density at radius 3 is 2.91 bits per heavy atom. The molecule has 1 spiro atoms. The lowest BCUT2D eigenvalue weighted by Gasteiger charge is -2.56. The summed E-state index contributed by atoms with van der Waals surface area (Å²) in [5.74, 6) is 3.06. The van der Waals surface area contributed by atoms with Gasteiger partial charge in [0.15, 0.2) is 0 Å². The van der Waals surface area contributed by atoms with Crippen molar-refractivity contribution < 1.29 is 0 Å². The molecule has 22 heavy (non-hydrogen) atoms. The highest BCUT2D eigenvalue weighted by atomic mass is 32.2. The van der Waals surface area contributed by atoms with Crippen LogP contribution in [0.3, 0.4) is 0 Å². The van der Waals surface area contributed by atoms with E-state index in [4.69, 9.17) is 4.98 Å². The van der Waals surface area contributed by atoms with Crippen molar-refractivity contribution in [2.45, 2.75) is 42.5 Å². The Bertz CT molecular complexity index is 746. The Morgan fingerprint density at radius 1 is 1.27 bits per heavy atom. The normalized spacial score (nSPS) is 32.9. The molecule has 1 aliphatic heterocycles. The minimum absolute atomic E-state index is 0.430. The molecule has 2 aliphatic carbocycles. The Morgan fingerprint density at radius 2 is 2.23 bits per heavy atom. The fourth-order valence-corrected chi connectivity index (χ4v) is 5.68. The van der Waals surface area contributed by atoms with Crippen LogP contribution in [0.15, 0.2) is 29.4 Å². The first-order valence-corrected chi connectivity index (χ1v) is 9.59.